The van der Waals surface area contributed by atoms with Crippen molar-refractivity contribution in [2.45, 2.75) is 6.54 Å². The van der Waals surface area contributed by atoms with Gasteiger partial charge in [-0.2, -0.15) is 0 Å². The minimum atomic E-state index is 0.285. The largest absolute Gasteiger partial charge is 0.454 e. The average molecular weight is 336 g/mol. The number of benzene rings is 1. The summed E-state index contributed by atoms with van der Waals surface area (Å²) in [6.07, 6.45) is 3.38. The number of hydrogen-bond acceptors (Lipinski definition) is 7. The molecule has 0 bridgehead atoms. The van der Waals surface area contributed by atoms with E-state index in [-0.39, 0.29) is 6.79 Å². The standard InChI is InChI=1S/C17H12N4O2S/c1-2-11-14-15(24-17(11)18-5-1)16(21-8-20-14)19-7-10-3-4-12-13(6-10)23-9-22-12/h1-6,8H,7,9H2,(H,19,20,21). The molecular formula is C17H12N4O2S. The highest BCUT2D eigenvalue weighted by Gasteiger charge is 2.14. The Bertz CT molecular complexity index is 1060. The summed E-state index contributed by atoms with van der Waals surface area (Å²) in [6, 6.07) is 9.90. The Hall–Kier alpha value is -2.93. The number of pyridine rings is 1. The molecule has 5 rings (SSSR count). The Kier molecular flexibility index (Phi) is 2.99. The number of nitrogens with zero attached hydrogens (tertiary/aromatic N) is 3. The second-order valence-electron chi connectivity index (χ2n) is 5.40. The molecule has 6 nitrogen and oxygen atoms in total. The number of rotatable bonds is 3. The van der Waals surface area contributed by atoms with Crippen molar-refractivity contribution in [3.8, 4) is 11.5 Å². The van der Waals surface area contributed by atoms with Gasteiger partial charge < -0.3 is 14.8 Å². The molecule has 0 spiro atoms. The molecule has 24 heavy (non-hydrogen) atoms. The van der Waals surface area contributed by atoms with Crippen molar-refractivity contribution >= 4 is 37.6 Å². The summed E-state index contributed by atoms with van der Waals surface area (Å²) < 4.78 is 11.8. The predicted molar refractivity (Wildman–Crippen MR) is 92.6 cm³/mol. The Morgan fingerprint density at radius 2 is 2.04 bits per heavy atom. The fraction of sp³-hybridized carbons (Fsp3) is 0.118. The van der Waals surface area contributed by atoms with Crippen LogP contribution in [0.2, 0.25) is 0 Å². The van der Waals surface area contributed by atoms with Crippen LogP contribution >= 0.6 is 11.3 Å². The summed E-state index contributed by atoms with van der Waals surface area (Å²) in [6.45, 7) is 0.929. The fourth-order valence-electron chi connectivity index (χ4n) is 2.77. The highest BCUT2D eigenvalue weighted by atomic mass is 32.1. The first kappa shape index (κ1) is 13.5. The van der Waals surface area contributed by atoms with Gasteiger partial charge in [-0.15, -0.1) is 11.3 Å². The van der Waals surface area contributed by atoms with Crippen LogP contribution < -0.4 is 14.8 Å². The van der Waals surface area contributed by atoms with Gasteiger partial charge in [0.1, 0.15) is 17.0 Å². The zero-order chi connectivity index (χ0) is 15.9. The maximum absolute atomic E-state index is 5.42. The van der Waals surface area contributed by atoms with Gasteiger partial charge in [-0.3, -0.25) is 0 Å². The Morgan fingerprint density at radius 1 is 1.08 bits per heavy atom. The quantitative estimate of drug-likeness (QED) is 0.617. The number of nitrogens with one attached hydrogen (secondary N) is 1. The van der Waals surface area contributed by atoms with Crippen LogP contribution in [-0.4, -0.2) is 21.7 Å². The molecular weight excluding hydrogens is 324 g/mol. The fourth-order valence-corrected chi connectivity index (χ4v) is 3.84. The second-order valence-corrected chi connectivity index (χ2v) is 6.40. The van der Waals surface area contributed by atoms with E-state index in [9.17, 15) is 0 Å². The zero-order valence-electron chi connectivity index (χ0n) is 12.5. The van der Waals surface area contributed by atoms with Crippen LogP contribution in [0.25, 0.3) is 20.4 Å². The highest BCUT2D eigenvalue weighted by molar-refractivity contribution is 7.25. The van der Waals surface area contributed by atoms with Crippen LogP contribution in [0.4, 0.5) is 5.82 Å². The van der Waals surface area contributed by atoms with Crippen molar-refractivity contribution in [3.05, 3.63) is 48.4 Å². The summed E-state index contributed by atoms with van der Waals surface area (Å²) in [5.74, 6) is 2.40. The molecule has 3 aromatic heterocycles. The third kappa shape index (κ3) is 2.13. The van der Waals surface area contributed by atoms with E-state index < -0.39 is 0 Å². The van der Waals surface area contributed by atoms with Crippen molar-refractivity contribution < 1.29 is 9.47 Å². The molecule has 1 N–H and O–H groups in total. The van der Waals surface area contributed by atoms with E-state index in [0.717, 1.165) is 43.3 Å². The lowest BCUT2D eigenvalue weighted by molar-refractivity contribution is 0.174. The molecule has 1 aromatic carbocycles. The minimum absolute atomic E-state index is 0.285. The molecule has 4 aromatic rings. The Balaban J connectivity index is 1.48. The molecule has 1 aliphatic heterocycles. The molecule has 118 valence electrons. The van der Waals surface area contributed by atoms with Gasteiger partial charge in [0.25, 0.3) is 0 Å². The Labute approximate surface area is 141 Å². The predicted octanol–water partition coefficient (Wildman–Crippen LogP) is 3.58. The third-order valence-corrected chi connectivity index (χ3v) is 5.04. The van der Waals surface area contributed by atoms with E-state index in [1.54, 1.807) is 23.9 Å². The van der Waals surface area contributed by atoms with E-state index in [2.05, 4.69) is 20.3 Å². The zero-order valence-corrected chi connectivity index (χ0v) is 13.3. The van der Waals surface area contributed by atoms with Crippen LogP contribution in [0.1, 0.15) is 5.56 Å². The summed E-state index contributed by atoms with van der Waals surface area (Å²) in [7, 11) is 0. The second kappa shape index (κ2) is 5.31. The first-order chi connectivity index (χ1) is 11.9. The molecule has 1 aliphatic rings. The van der Waals surface area contributed by atoms with Gasteiger partial charge in [-0.1, -0.05) is 6.07 Å². The van der Waals surface area contributed by atoms with Crippen LogP contribution in [0.5, 0.6) is 11.5 Å². The van der Waals surface area contributed by atoms with Crippen LogP contribution in [0, 0.1) is 0 Å². The van der Waals surface area contributed by atoms with Crippen molar-refractivity contribution in [3.63, 3.8) is 0 Å². The molecule has 0 amide bonds. The van der Waals surface area contributed by atoms with Gasteiger partial charge in [0.15, 0.2) is 11.5 Å². The molecule has 0 atom stereocenters. The van der Waals surface area contributed by atoms with Crippen molar-refractivity contribution in [1.29, 1.82) is 0 Å². The molecule has 0 aliphatic carbocycles. The first-order valence-corrected chi connectivity index (χ1v) is 8.31. The first-order valence-electron chi connectivity index (χ1n) is 7.49. The highest BCUT2D eigenvalue weighted by Crippen LogP contribution is 2.35. The molecule has 0 saturated carbocycles. The van der Waals surface area contributed by atoms with Gasteiger partial charge in [-0.05, 0) is 29.8 Å². The third-order valence-electron chi connectivity index (χ3n) is 3.93. The lowest BCUT2D eigenvalue weighted by Gasteiger charge is -2.07. The van der Waals surface area contributed by atoms with E-state index in [1.165, 1.54) is 0 Å². The summed E-state index contributed by atoms with van der Waals surface area (Å²) >= 11 is 1.60. The smallest absolute Gasteiger partial charge is 0.231 e. The minimum Gasteiger partial charge on any atom is -0.454 e. The van der Waals surface area contributed by atoms with E-state index in [0.29, 0.717) is 6.54 Å². The van der Waals surface area contributed by atoms with Crippen LogP contribution in [0.3, 0.4) is 0 Å². The molecule has 4 heterocycles. The maximum atomic E-state index is 5.42. The van der Waals surface area contributed by atoms with Gasteiger partial charge in [-0.25, -0.2) is 15.0 Å². The summed E-state index contributed by atoms with van der Waals surface area (Å²) in [5.41, 5.74) is 2.04. The lowest BCUT2D eigenvalue weighted by atomic mass is 10.2. The van der Waals surface area contributed by atoms with Crippen LogP contribution in [-0.2, 0) is 6.54 Å². The molecule has 0 unspecified atom stereocenters. The SMILES string of the molecule is c1cnc2sc3c(NCc4ccc5c(c4)OCO5)ncnc3c2c1. The van der Waals surface area contributed by atoms with Crippen molar-refractivity contribution in [2.24, 2.45) is 0 Å². The normalized spacial score (nSPS) is 12.8. The summed E-state index contributed by atoms with van der Waals surface area (Å²) in [5, 5.41) is 4.45. The van der Waals surface area contributed by atoms with E-state index >= 15 is 0 Å². The molecule has 0 saturated heterocycles. The van der Waals surface area contributed by atoms with E-state index in [4.69, 9.17) is 9.47 Å². The van der Waals surface area contributed by atoms with Crippen LogP contribution in [0.15, 0.2) is 42.9 Å². The monoisotopic (exact) mass is 336 g/mol. The van der Waals surface area contributed by atoms with Gasteiger partial charge in [0, 0.05) is 18.1 Å². The maximum Gasteiger partial charge on any atom is 0.231 e. The van der Waals surface area contributed by atoms with Gasteiger partial charge >= 0.3 is 0 Å². The van der Waals surface area contributed by atoms with Crippen molar-refractivity contribution in [1.82, 2.24) is 15.0 Å². The molecule has 7 heteroatoms. The molecule has 0 radical (unpaired) electrons. The number of fused-ring (bicyclic) bond motifs is 4. The Morgan fingerprint density at radius 3 is 3.04 bits per heavy atom. The summed E-state index contributed by atoms with van der Waals surface area (Å²) in [4.78, 5) is 14.2. The number of anilines is 1. The number of hydrogen-bond donors (Lipinski definition) is 1. The number of aromatic nitrogens is 3. The van der Waals surface area contributed by atoms with Gasteiger partial charge in [0.05, 0.1) is 10.2 Å². The lowest BCUT2D eigenvalue weighted by Crippen LogP contribution is -2.01. The van der Waals surface area contributed by atoms with Crippen molar-refractivity contribution in [2.75, 3.05) is 12.1 Å². The average Bonchev–Trinajstić information content (AvgIpc) is 3.24. The van der Waals surface area contributed by atoms with E-state index in [1.807, 2.05) is 30.3 Å². The number of thiophene rings is 1. The van der Waals surface area contributed by atoms with Gasteiger partial charge in [0.2, 0.25) is 6.79 Å². The molecule has 0 fully saturated rings. The topological polar surface area (TPSA) is 69.2 Å². The number of ether oxygens (including phenoxy) is 2.